The normalized spacial score (nSPS) is 30.6. The van der Waals surface area contributed by atoms with Crippen LogP contribution in [-0.2, 0) is 23.8 Å². The Morgan fingerprint density at radius 3 is 2.39 bits per heavy atom. The number of nitrogens with one attached hydrogen (secondary N) is 1. The Bertz CT molecular complexity index is 440. The average molecular weight is 333 g/mol. The van der Waals surface area contributed by atoms with Gasteiger partial charge in [0, 0.05) is 12.5 Å². The van der Waals surface area contributed by atoms with E-state index in [1.165, 1.54) is 13.8 Å². The summed E-state index contributed by atoms with van der Waals surface area (Å²) in [7, 11) is 0. The van der Waals surface area contributed by atoms with E-state index in [2.05, 4.69) is 11.9 Å². The van der Waals surface area contributed by atoms with Crippen LogP contribution in [0.2, 0.25) is 0 Å². The summed E-state index contributed by atoms with van der Waals surface area (Å²) in [6, 6.07) is -1.03. The molecule has 1 aliphatic heterocycles. The average Bonchev–Trinajstić information content (AvgIpc) is 2.49. The Hall–Kier alpha value is -1.52. The van der Waals surface area contributed by atoms with Gasteiger partial charge in [0.05, 0.1) is 13.2 Å². The third kappa shape index (κ3) is 5.56. The number of rotatable bonds is 7. The van der Waals surface area contributed by atoms with Gasteiger partial charge in [-0.05, 0) is 6.92 Å². The molecule has 0 aromatic heterocycles. The second kappa shape index (κ2) is 8.94. The van der Waals surface area contributed by atoms with Gasteiger partial charge < -0.3 is 34.8 Å². The van der Waals surface area contributed by atoms with E-state index in [1.54, 1.807) is 0 Å². The van der Waals surface area contributed by atoms with Crippen molar-refractivity contribution in [3.8, 4) is 0 Å². The van der Waals surface area contributed by atoms with E-state index in [0.29, 0.717) is 0 Å². The molecule has 5 atom stereocenters. The molecule has 1 heterocycles. The summed E-state index contributed by atoms with van der Waals surface area (Å²) in [4.78, 5) is 22.4. The predicted molar refractivity (Wildman–Crippen MR) is 77.1 cm³/mol. The molecule has 1 amide bonds. The van der Waals surface area contributed by atoms with E-state index in [4.69, 9.17) is 19.3 Å². The van der Waals surface area contributed by atoms with Crippen LogP contribution in [0.25, 0.3) is 0 Å². The second-order valence-electron chi connectivity index (χ2n) is 5.22. The highest BCUT2D eigenvalue weighted by molar-refractivity contribution is 5.86. The maximum Gasteiger partial charge on any atom is 0.333 e. The van der Waals surface area contributed by atoms with Gasteiger partial charge in [-0.15, -0.1) is 0 Å². The van der Waals surface area contributed by atoms with Gasteiger partial charge in [-0.2, -0.15) is 0 Å². The van der Waals surface area contributed by atoms with E-state index in [9.17, 15) is 19.8 Å². The molecule has 9 nitrogen and oxygen atoms in total. The predicted octanol–water partition coefficient (Wildman–Crippen LogP) is -1.93. The van der Waals surface area contributed by atoms with Gasteiger partial charge in [0.25, 0.3) is 0 Å². The summed E-state index contributed by atoms with van der Waals surface area (Å²) in [6.07, 6.45) is -4.93. The molecular formula is C14H23NO8. The summed E-state index contributed by atoms with van der Waals surface area (Å²) in [6.45, 7) is 5.49. The Morgan fingerprint density at radius 2 is 1.87 bits per heavy atom. The van der Waals surface area contributed by atoms with Gasteiger partial charge in [-0.1, -0.05) is 6.58 Å². The number of esters is 1. The Balaban J connectivity index is 2.61. The van der Waals surface area contributed by atoms with Crippen molar-refractivity contribution in [3.63, 3.8) is 0 Å². The number of hydrogen-bond acceptors (Lipinski definition) is 8. The van der Waals surface area contributed by atoms with Crippen molar-refractivity contribution in [1.29, 1.82) is 0 Å². The molecular weight excluding hydrogens is 310 g/mol. The molecule has 0 aromatic rings. The Morgan fingerprint density at radius 1 is 1.22 bits per heavy atom. The van der Waals surface area contributed by atoms with Gasteiger partial charge >= 0.3 is 5.97 Å². The summed E-state index contributed by atoms with van der Waals surface area (Å²) in [5.74, 6) is -1.02. The lowest BCUT2D eigenvalue weighted by Gasteiger charge is -2.42. The molecule has 0 saturated carbocycles. The van der Waals surface area contributed by atoms with Crippen LogP contribution in [0.1, 0.15) is 13.8 Å². The Kier molecular flexibility index (Phi) is 7.59. The smallest absolute Gasteiger partial charge is 0.333 e. The number of hydrogen-bond donors (Lipinski definition) is 4. The van der Waals surface area contributed by atoms with Gasteiger partial charge in [-0.3, -0.25) is 4.79 Å². The summed E-state index contributed by atoms with van der Waals surface area (Å²) >= 11 is 0. The first-order chi connectivity index (χ1) is 10.8. The van der Waals surface area contributed by atoms with Crippen LogP contribution in [0, 0.1) is 0 Å². The van der Waals surface area contributed by atoms with E-state index < -0.39 is 49.1 Å². The number of ether oxygens (including phenoxy) is 3. The molecule has 0 bridgehead atoms. The van der Waals surface area contributed by atoms with Crippen molar-refractivity contribution in [2.45, 2.75) is 44.5 Å². The molecule has 1 aliphatic rings. The lowest BCUT2D eigenvalue weighted by Crippen LogP contribution is -2.64. The molecule has 1 saturated heterocycles. The first-order valence-corrected chi connectivity index (χ1v) is 7.11. The molecule has 0 spiro atoms. The molecule has 0 aliphatic carbocycles. The first-order valence-electron chi connectivity index (χ1n) is 7.11. The van der Waals surface area contributed by atoms with Crippen molar-refractivity contribution in [1.82, 2.24) is 5.32 Å². The topological polar surface area (TPSA) is 135 Å². The van der Waals surface area contributed by atoms with Crippen molar-refractivity contribution in [2.75, 3.05) is 19.8 Å². The SMILES string of the molecule is C=C(C)C(=O)OCCO[C@@H]1O[C@H](CO)[C@@H](O)[C@H](O)[C@H]1NC(C)=O. The van der Waals surface area contributed by atoms with Crippen LogP contribution >= 0.6 is 0 Å². The molecule has 0 unspecified atom stereocenters. The monoisotopic (exact) mass is 333 g/mol. The van der Waals surface area contributed by atoms with E-state index >= 15 is 0 Å². The highest BCUT2D eigenvalue weighted by Crippen LogP contribution is 2.22. The maximum atomic E-state index is 11.2. The lowest BCUT2D eigenvalue weighted by molar-refractivity contribution is -0.271. The minimum Gasteiger partial charge on any atom is -0.460 e. The fourth-order valence-electron chi connectivity index (χ4n) is 2.03. The molecule has 0 aromatic carbocycles. The highest BCUT2D eigenvalue weighted by Gasteiger charge is 2.45. The largest absolute Gasteiger partial charge is 0.460 e. The number of carbonyl (C=O) groups is 2. The quantitative estimate of drug-likeness (QED) is 0.240. The molecule has 0 radical (unpaired) electrons. The van der Waals surface area contributed by atoms with Gasteiger partial charge in [0.2, 0.25) is 5.91 Å². The molecule has 1 rings (SSSR count). The van der Waals surface area contributed by atoms with Crippen molar-refractivity contribution in [2.24, 2.45) is 0 Å². The van der Waals surface area contributed by atoms with Crippen molar-refractivity contribution < 1.29 is 39.1 Å². The number of aliphatic hydroxyl groups is 3. The molecule has 9 heteroatoms. The maximum absolute atomic E-state index is 11.2. The number of carbonyl (C=O) groups excluding carboxylic acids is 2. The van der Waals surface area contributed by atoms with Crippen LogP contribution in [-0.4, -0.2) is 77.7 Å². The van der Waals surface area contributed by atoms with E-state index in [0.717, 1.165) is 0 Å². The summed E-state index contributed by atoms with van der Waals surface area (Å²) < 4.78 is 15.5. The molecule has 132 valence electrons. The highest BCUT2D eigenvalue weighted by atomic mass is 16.7. The zero-order valence-electron chi connectivity index (χ0n) is 13.1. The summed E-state index contributed by atoms with van der Waals surface area (Å²) in [5.41, 5.74) is 0.244. The molecule has 1 fully saturated rings. The number of aliphatic hydroxyl groups excluding tert-OH is 3. The van der Waals surface area contributed by atoms with Crippen molar-refractivity contribution >= 4 is 11.9 Å². The van der Waals surface area contributed by atoms with Crippen molar-refractivity contribution in [3.05, 3.63) is 12.2 Å². The van der Waals surface area contributed by atoms with Gasteiger partial charge in [-0.25, -0.2) is 4.79 Å². The zero-order valence-corrected chi connectivity index (χ0v) is 13.1. The van der Waals surface area contributed by atoms with Gasteiger partial charge in [0.15, 0.2) is 6.29 Å². The third-order valence-corrected chi connectivity index (χ3v) is 3.20. The fourth-order valence-corrected chi connectivity index (χ4v) is 2.03. The van der Waals surface area contributed by atoms with E-state index in [-0.39, 0.29) is 18.8 Å². The second-order valence-corrected chi connectivity index (χ2v) is 5.22. The fraction of sp³-hybridized carbons (Fsp3) is 0.714. The summed E-state index contributed by atoms with van der Waals surface area (Å²) in [5, 5.41) is 31.4. The molecule has 4 N–H and O–H groups in total. The van der Waals surface area contributed by atoms with Crippen LogP contribution < -0.4 is 5.32 Å². The van der Waals surface area contributed by atoms with Crippen LogP contribution in [0.3, 0.4) is 0 Å². The lowest BCUT2D eigenvalue weighted by atomic mass is 9.97. The Labute approximate surface area is 133 Å². The first kappa shape index (κ1) is 19.5. The minimum atomic E-state index is -1.38. The van der Waals surface area contributed by atoms with Crippen LogP contribution in [0.15, 0.2) is 12.2 Å². The molecule has 23 heavy (non-hydrogen) atoms. The standard InChI is InChI=1S/C14H23NO8/c1-7(2)13(20)21-4-5-22-14-10(15-8(3)17)12(19)11(18)9(6-16)23-14/h9-12,14,16,18-19H,1,4-6H2,2-3H3,(H,15,17)/t9-,10-,11-,12-,14-/m1/s1. The van der Waals surface area contributed by atoms with E-state index in [1.807, 2.05) is 0 Å². The van der Waals surface area contributed by atoms with Crippen LogP contribution in [0.5, 0.6) is 0 Å². The minimum absolute atomic E-state index is 0.0687. The van der Waals surface area contributed by atoms with Crippen LogP contribution in [0.4, 0.5) is 0 Å². The zero-order chi connectivity index (χ0) is 17.6. The number of amides is 1. The third-order valence-electron chi connectivity index (χ3n) is 3.20. The van der Waals surface area contributed by atoms with Gasteiger partial charge in [0.1, 0.15) is 31.0 Å².